The van der Waals surface area contributed by atoms with Crippen molar-refractivity contribution in [2.24, 2.45) is 0 Å². The van der Waals surface area contributed by atoms with Gasteiger partial charge in [-0.05, 0) is 54.1 Å². The van der Waals surface area contributed by atoms with Gasteiger partial charge in [-0.3, -0.25) is 14.3 Å². The first-order chi connectivity index (χ1) is 16.8. The second-order valence-corrected chi connectivity index (χ2v) is 8.46. The van der Waals surface area contributed by atoms with E-state index in [-0.39, 0.29) is 5.91 Å². The Labute approximate surface area is 200 Å². The van der Waals surface area contributed by atoms with E-state index in [0.717, 1.165) is 33.6 Å². The van der Waals surface area contributed by atoms with Crippen LogP contribution in [0.15, 0.2) is 107 Å². The van der Waals surface area contributed by atoms with E-state index in [2.05, 4.69) is 20.5 Å². The van der Waals surface area contributed by atoms with E-state index in [4.69, 9.17) is 4.42 Å². The van der Waals surface area contributed by atoms with Gasteiger partial charge in [0, 0.05) is 35.0 Å². The summed E-state index contributed by atoms with van der Waals surface area (Å²) in [6, 6.07) is 24.6. The topological polar surface area (TPSA) is 85.8 Å². The Hall–Kier alpha value is -4.17. The predicted octanol–water partition coefficient (Wildman–Crippen LogP) is 5.53. The van der Waals surface area contributed by atoms with Crippen LogP contribution in [0.3, 0.4) is 0 Å². The largest absolute Gasteiger partial charge is 0.467 e. The molecule has 0 aliphatic carbocycles. The van der Waals surface area contributed by atoms with Crippen molar-refractivity contribution >= 4 is 23.4 Å². The normalized spacial score (nSPS) is 10.8. The van der Waals surface area contributed by atoms with Crippen molar-refractivity contribution in [2.75, 3.05) is 5.32 Å². The standard InChI is InChI=1S/C26H21N5O2S/c32-25(28-22-7-2-1-3-8-22)20-12-10-19(11-13-20)18-34-26-30-29-24(21-6-4-14-27-16-21)31(26)17-23-9-5-15-33-23/h1-16H,17-18H2,(H,28,32). The lowest BCUT2D eigenvalue weighted by molar-refractivity contribution is 0.102. The Morgan fingerprint density at radius 2 is 1.79 bits per heavy atom. The van der Waals surface area contributed by atoms with Crippen molar-refractivity contribution in [1.82, 2.24) is 19.7 Å². The number of aromatic nitrogens is 4. The monoisotopic (exact) mass is 467 g/mol. The Bertz CT molecular complexity index is 1350. The number of thioether (sulfide) groups is 1. The molecule has 168 valence electrons. The van der Waals surface area contributed by atoms with Gasteiger partial charge in [0.15, 0.2) is 11.0 Å². The minimum atomic E-state index is -0.135. The van der Waals surface area contributed by atoms with Crippen molar-refractivity contribution in [1.29, 1.82) is 0 Å². The third-order valence-corrected chi connectivity index (χ3v) is 6.18. The highest BCUT2D eigenvalue weighted by molar-refractivity contribution is 7.98. The Kier molecular flexibility index (Phi) is 6.49. The number of para-hydroxylation sites is 1. The van der Waals surface area contributed by atoms with E-state index < -0.39 is 0 Å². The molecule has 0 spiro atoms. The van der Waals surface area contributed by atoms with E-state index in [1.54, 1.807) is 30.4 Å². The van der Waals surface area contributed by atoms with Gasteiger partial charge >= 0.3 is 0 Å². The Balaban J connectivity index is 1.30. The van der Waals surface area contributed by atoms with Crippen LogP contribution in [0.5, 0.6) is 0 Å². The molecule has 0 fully saturated rings. The van der Waals surface area contributed by atoms with Gasteiger partial charge in [0.05, 0.1) is 12.8 Å². The number of carbonyl (C=O) groups is 1. The summed E-state index contributed by atoms with van der Waals surface area (Å²) in [4.78, 5) is 16.7. The van der Waals surface area contributed by atoms with E-state index in [1.165, 1.54) is 0 Å². The average molecular weight is 468 g/mol. The van der Waals surface area contributed by atoms with Gasteiger partial charge in [0.2, 0.25) is 0 Å². The predicted molar refractivity (Wildman–Crippen MR) is 131 cm³/mol. The highest BCUT2D eigenvalue weighted by Crippen LogP contribution is 2.27. The smallest absolute Gasteiger partial charge is 0.255 e. The molecule has 0 atom stereocenters. The molecule has 0 bridgehead atoms. The summed E-state index contributed by atoms with van der Waals surface area (Å²) in [7, 11) is 0. The number of pyridine rings is 1. The Morgan fingerprint density at radius 1 is 0.941 bits per heavy atom. The van der Waals surface area contributed by atoms with Crippen LogP contribution in [0, 0.1) is 0 Å². The second-order valence-electron chi connectivity index (χ2n) is 7.52. The number of rotatable bonds is 8. The molecule has 0 saturated carbocycles. The SMILES string of the molecule is O=C(Nc1ccccc1)c1ccc(CSc2nnc(-c3cccnc3)n2Cc2ccco2)cc1. The number of anilines is 1. The van der Waals surface area contributed by atoms with Gasteiger partial charge in [-0.15, -0.1) is 10.2 Å². The van der Waals surface area contributed by atoms with Crippen molar-refractivity contribution in [2.45, 2.75) is 17.5 Å². The van der Waals surface area contributed by atoms with E-state index in [0.29, 0.717) is 17.9 Å². The molecule has 5 rings (SSSR count). The van der Waals surface area contributed by atoms with Gasteiger partial charge in [-0.2, -0.15) is 0 Å². The maximum Gasteiger partial charge on any atom is 0.255 e. The summed E-state index contributed by atoms with van der Waals surface area (Å²) in [6.45, 7) is 0.519. The van der Waals surface area contributed by atoms with Gasteiger partial charge < -0.3 is 9.73 Å². The summed E-state index contributed by atoms with van der Waals surface area (Å²) in [5.41, 5.74) is 3.35. The fourth-order valence-electron chi connectivity index (χ4n) is 3.43. The average Bonchev–Trinajstić information content (AvgIpc) is 3.55. The van der Waals surface area contributed by atoms with Gasteiger partial charge in [-0.1, -0.05) is 42.1 Å². The summed E-state index contributed by atoms with van der Waals surface area (Å²) in [5, 5.41) is 12.5. The van der Waals surface area contributed by atoms with Crippen molar-refractivity contribution in [3.8, 4) is 11.4 Å². The molecule has 2 aromatic carbocycles. The molecule has 7 nitrogen and oxygen atoms in total. The number of amides is 1. The first-order valence-electron chi connectivity index (χ1n) is 10.7. The number of hydrogen-bond donors (Lipinski definition) is 1. The first kappa shape index (κ1) is 21.7. The second kappa shape index (κ2) is 10.2. The van der Waals surface area contributed by atoms with Crippen LogP contribution in [-0.4, -0.2) is 25.7 Å². The summed E-state index contributed by atoms with van der Waals surface area (Å²) in [6.07, 6.45) is 5.16. The van der Waals surface area contributed by atoms with Crippen LogP contribution in [0.1, 0.15) is 21.7 Å². The highest BCUT2D eigenvalue weighted by Gasteiger charge is 2.16. The molecule has 5 aromatic rings. The third-order valence-electron chi connectivity index (χ3n) is 5.15. The van der Waals surface area contributed by atoms with Crippen LogP contribution in [0.4, 0.5) is 5.69 Å². The zero-order valence-electron chi connectivity index (χ0n) is 18.2. The molecule has 0 aliphatic rings. The Morgan fingerprint density at radius 3 is 2.53 bits per heavy atom. The van der Waals surface area contributed by atoms with E-state index >= 15 is 0 Å². The molecule has 8 heteroatoms. The molecule has 3 aromatic heterocycles. The van der Waals surface area contributed by atoms with E-state index in [1.807, 2.05) is 83.4 Å². The number of carbonyl (C=O) groups excluding carboxylic acids is 1. The maximum absolute atomic E-state index is 12.5. The quantitative estimate of drug-likeness (QED) is 0.302. The zero-order chi connectivity index (χ0) is 23.2. The van der Waals surface area contributed by atoms with Crippen LogP contribution in [-0.2, 0) is 12.3 Å². The minimum absolute atomic E-state index is 0.135. The molecule has 3 heterocycles. The molecule has 0 saturated heterocycles. The van der Waals surface area contributed by atoms with E-state index in [9.17, 15) is 4.79 Å². The van der Waals surface area contributed by atoms with Crippen LogP contribution < -0.4 is 5.32 Å². The molecule has 1 N–H and O–H groups in total. The van der Waals surface area contributed by atoms with Crippen molar-refractivity contribution < 1.29 is 9.21 Å². The number of hydrogen-bond acceptors (Lipinski definition) is 6. The fraction of sp³-hybridized carbons (Fsp3) is 0.0769. The van der Waals surface area contributed by atoms with Gasteiger partial charge in [0.25, 0.3) is 5.91 Å². The summed E-state index contributed by atoms with van der Waals surface area (Å²) < 4.78 is 7.58. The highest BCUT2D eigenvalue weighted by atomic mass is 32.2. The molecule has 0 unspecified atom stereocenters. The summed E-state index contributed by atoms with van der Waals surface area (Å²) >= 11 is 1.58. The van der Waals surface area contributed by atoms with Crippen LogP contribution >= 0.6 is 11.8 Å². The maximum atomic E-state index is 12.5. The van der Waals surface area contributed by atoms with Gasteiger partial charge in [0.1, 0.15) is 5.76 Å². The fourth-order valence-corrected chi connectivity index (χ4v) is 4.32. The van der Waals surface area contributed by atoms with Crippen LogP contribution in [0.25, 0.3) is 11.4 Å². The molecular formula is C26H21N5O2S. The first-order valence-corrected chi connectivity index (χ1v) is 11.7. The number of nitrogens with one attached hydrogen (secondary N) is 1. The lowest BCUT2D eigenvalue weighted by atomic mass is 10.1. The lowest BCUT2D eigenvalue weighted by Gasteiger charge is -2.09. The molecular weight excluding hydrogens is 446 g/mol. The van der Waals surface area contributed by atoms with Gasteiger partial charge in [-0.25, -0.2) is 0 Å². The van der Waals surface area contributed by atoms with Crippen LogP contribution in [0.2, 0.25) is 0 Å². The minimum Gasteiger partial charge on any atom is -0.467 e. The van der Waals surface area contributed by atoms with Crippen molar-refractivity contribution in [3.05, 3.63) is 114 Å². The molecule has 1 amide bonds. The van der Waals surface area contributed by atoms with Crippen molar-refractivity contribution in [3.63, 3.8) is 0 Å². The lowest BCUT2D eigenvalue weighted by Crippen LogP contribution is -2.11. The number of benzene rings is 2. The summed E-state index contributed by atoms with van der Waals surface area (Å²) in [5.74, 6) is 2.11. The number of nitrogens with zero attached hydrogens (tertiary/aromatic N) is 4. The third kappa shape index (κ3) is 5.07. The zero-order valence-corrected chi connectivity index (χ0v) is 19.0. The molecule has 0 radical (unpaired) electrons. The molecule has 34 heavy (non-hydrogen) atoms. The molecule has 0 aliphatic heterocycles. The number of furan rings is 1.